The van der Waals surface area contributed by atoms with Crippen molar-refractivity contribution in [3.63, 3.8) is 0 Å². The van der Waals surface area contributed by atoms with Crippen molar-refractivity contribution >= 4 is 11.8 Å². The summed E-state index contributed by atoms with van der Waals surface area (Å²) < 4.78 is 0.540. The van der Waals surface area contributed by atoms with E-state index in [-0.39, 0.29) is 0 Å². The lowest BCUT2D eigenvalue weighted by Gasteiger charge is -2.39. The molecular weight excluding hydrogens is 264 g/mol. The Morgan fingerprint density at radius 2 is 2.00 bits per heavy atom. The third kappa shape index (κ3) is 3.21. The topological polar surface area (TPSA) is 15.3 Å². The van der Waals surface area contributed by atoms with Crippen LogP contribution in [0, 0.1) is 0 Å². The second-order valence-electron chi connectivity index (χ2n) is 6.25. The summed E-state index contributed by atoms with van der Waals surface area (Å²) in [5.74, 6) is 0. The number of rotatable bonds is 4. The monoisotopic (exact) mass is 290 g/mol. The molecule has 2 nitrogen and oxygen atoms in total. The van der Waals surface area contributed by atoms with Crippen LogP contribution in [0.2, 0.25) is 0 Å². The van der Waals surface area contributed by atoms with Gasteiger partial charge in [0.25, 0.3) is 0 Å². The summed E-state index contributed by atoms with van der Waals surface area (Å²) in [7, 11) is 0. The number of nitrogens with zero attached hydrogens (tertiary/aromatic N) is 1. The maximum absolute atomic E-state index is 3.67. The van der Waals surface area contributed by atoms with Crippen molar-refractivity contribution in [2.24, 2.45) is 0 Å². The maximum atomic E-state index is 3.67. The average molecular weight is 290 g/mol. The van der Waals surface area contributed by atoms with Gasteiger partial charge in [-0.05, 0) is 24.7 Å². The lowest BCUT2D eigenvalue weighted by Crippen LogP contribution is -2.50. The van der Waals surface area contributed by atoms with Crippen LogP contribution >= 0.6 is 11.8 Å². The van der Waals surface area contributed by atoms with Crippen molar-refractivity contribution in [1.29, 1.82) is 0 Å². The summed E-state index contributed by atoms with van der Waals surface area (Å²) >= 11 is 2.11. The minimum absolute atomic E-state index is 0.505. The highest BCUT2D eigenvalue weighted by Gasteiger charge is 2.35. The molecule has 1 aromatic rings. The van der Waals surface area contributed by atoms with Crippen LogP contribution in [-0.4, -0.2) is 42.1 Å². The van der Waals surface area contributed by atoms with Crippen molar-refractivity contribution in [3.8, 4) is 0 Å². The van der Waals surface area contributed by atoms with Crippen LogP contribution in [0.15, 0.2) is 30.3 Å². The molecule has 3 rings (SSSR count). The summed E-state index contributed by atoms with van der Waals surface area (Å²) in [4.78, 5) is 2.69. The first kappa shape index (κ1) is 14.4. The highest BCUT2D eigenvalue weighted by atomic mass is 32.2. The summed E-state index contributed by atoms with van der Waals surface area (Å²) in [6.45, 7) is 4.75. The zero-order valence-corrected chi connectivity index (χ0v) is 13.3. The molecule has 0 aromatic heterocycles. The molecule has 1 unspecified atom stereocenters. The molecule has 2 fully saturated rings. The molecule has 1 saturated carbocycles. The largest absolute Gasteiger partial charge is 0.308 e. The van der Waals surface area contributed by atoms with E-state index in [0.29, 0.717) is 10.8 Å². The van der Waals surface area contributed by atoms with Gasteiger partial charge in [0.05, 0.1) is 0 Å². The highest BCUT2D eigenvalue weighted by molar-refractivity contribution is 8.00. The van der Waals surface area contributed by atoms with E-state index in [4.69, 9.17) is 0 Å². The second kappa shape index (κ2) is 6.50. The number of nitrogens with one attached hydrogen (secondary N) is 1. The fraction of sp³-hybridized carbons (Fsp3) is 0.647. The van der Waals surface area contributed by atoms with Gasteiger partial charge in [-0.25, -0.2) is 0 Å². The van der Waals surface area contributed by atoms with E-state index in [2.05, 4.69) is 58.6 Å². The van der Waals surface area contributed by atoms with E-state index in [0.717, 1.165) is 13.1 Å². The predicted octanol–water partition coefficient (Wildman–Crippen LogP) is 3.31. The highest BCUT2D eigenvalue weighted by Crippen LogP contribution is 2.41. The summed E-state index contributed by atoms with van der Waals surface area (Å²) in [6.07, 6.45) is 7.98. The lowest BCUT2D eigenvalue weighted by atomic mass is 10.0. The quantitative estimate of drug-likeness (QED) is 0.916. The van der Waals surface area contributed by atoms with Crippen LogP contribution in [0.4, 0.5) is 0 Å². The zero-order valence-electron chi connectivity index (χ0n) is 12.5. The molecule has 0 radical (unpaired) electrons. The van der Waals surface area contributed by atoms with E-state index in [1.807, 2.05) is 0 Å². The van der Waals surface area contributed by atoms with Crippen LogP contribution in [0.5, 0.6) is 0 Å². The number of hydrogen-bond acceptors (Lipinski definition) is 3. The van der Waals surface area contributed by atoms with Crippen LogP contribution in [0.3, 0.4) is 0 Å². The van der Waals surface area contributed by atoms with E-state index in [1.54, 1.807) is 0 Å². The van der Waals surface area contributed by atoms with Gasteiger partial charge >= 0.3 is 0 Å². The molecule has 0 bridgehead atoms. The first-order valence-electron chi connectivity index (χ1n) is 7.87. The van der Waals surface area contributed by atoms with Gasteiger partial charge in [0.1, 0.15) is 0 Å². The van der Waals surface area contributed by atoms with Gasteiger partial charge in [-0.3, -0.25) is 4.90 Å². The van der Waals surface area contributed by atoms with Crippen molar-refractivity contribution < 1.29 is 0 Å². The predicted molar refractivity (Wildman–Crippen MR) is 88.3 cm³/mol. The molecule has 1 heterocycles. The Hall–Kier alpha value is -0.510. The van der Waals surface area contributed by atoms with Crippen LogP contribution < -0.4 is 5.32 Å². The van der Waals surface area contributed by atoms with Gasteiger partial charge < -0.3 is 5.32 Å². The van der Waals surface area contributed by atoms with Gasteiger partial charge in [-0.1, -0.05) is 43.2 Å². The second-order valence-corrected chi connectivity index (χ2v) is 7.52. The third-order valence-corrected chi connectivity index (χ3v) is 6.32. The van der Waals surface area contributed by atoms with E-state index < -0.39 is 0 Å². The van der Waals surface area contributed by atoms with Crippen molar-refractivity contribution in [2.75, 3.05) is 32.4 Å². The first-order chi connectivity index (χ1) is 9.81. The molecule has 110 valence electrons. The zero-order chi connectivity index (χ0) is 13.8. The molecule has 1 atom stereocenters. The average Bonchev–Trinajstić information content (AvgIpc) is 2.97. The Morgan fingerprint density at radius 1 is 1.25 bits per heavy atom. The standard InChI is InChI=1S/C17H26N2S/c1-20-17(9-5-6-10-17)14-19-12-11-18-16(13-19)15-7-3-2-4-8-15/h2-4,7-8,16,18H,5-6,9-14H2,1H3. The number of benzene rings is 1. The van der Waals surface area contributed by atoms with Crippen LogP contribution in [0.1, 0.15) is 37.3 Å². The first-order valence-corrected chi connectivity index (χ1v) is 9.10. The van der Waals surface area contributed by atoms with Crippen LogP contribution in [-0.2, 0) is 0 Å². The Morgan fingerprint density at radius 3 is 2.70 bits per heavy atom. The third-order valence-electron chi connectivity index (χ3n) is 4.92. The molecule has 20 heavy (non-hydrogen) atoms. The SMILES string of the molecule is CSC1(CN2CCNC(c3ccccc3)C2)CCCC1. The number of thioether (sulfide) groups is 1. The van der Waals surface area contributed by atoms with Gasteiger partial charge in [0.2, 0.25) is 0 Å². The van der Waals surface area contributed by atoms with Crippen LogP contribution in [0.25, 0.3) is 0 Å². The van der Waals surface area contributed by atoms with Crippen molar-refractivity contribution in [1.82, 2.24) is 10.2 Å². The summed E-state index contributed by atoms with van der Waals surface area (Å²) in [6, 6.07) is 11.4. The molecule has 0 amide bonds. The fourth-order valence-corrected chi connectivity index (χ4v) is 4.73. The van der Waals surface area contributed by atoms with Crippen molar-refractivity contribution in [3.05, 3.63) is 35.9 Å². The molecule has 2 aliphatic rings. The minimum Gasteiger partial charge on any atom is -0.308 e. The Labute approximate surface area is 127 Å². The smallest absolute Gasteiger partial charge is 0.0449 e. The Kier molecular flexibility index (Phi) is 4.69. The fourth-order valence-electron chi connectivity index (χ4n) is 3.72. The molecule has 1 aliphatic heterocycles. The van der Waals surface area contributed by atoms with Crippen molar-refractivity contribution in [2.45, 2.75) is 36.5 Å². The number of hydrogen-bond donors (Lipinski definition) is 1. The maximum Gasteiger partial charge on any atom is 0.0449 e. The minimum atomic E-state index is 0.505. The molecule has 0 spiro atoms. The Balaban J connectivity index is 1.63. The number of piperazine rings is 1. The molecular formula is C17H26N2S. The Bertz CT molecular complexity index is 414. The van der Waals surface area contributed by atoms with E-state index in [1.165, 1.54) is 44.3 Å². The van der Waals surface area contributed by atoms with Gasteiger partial charge in [0, 0.05) is 37.0 Å². The molecule has 1 aliphatic carbocycles. The lowest BCUT2D eigenvalue weighted by molar-refractivity contribution is 0.183. The molecule has 1 saturated heterocycles. The molecule has 3 heteroatoms. The van der Waals surface area contributed by atoms with E-state index in [9.17, 15) is 0 Å². The summed E-state index contributed by atoms with van der Waals surface area (Å²) in [5.41, 5.74) is 1.43. The molecule has 1 aromatic carbocycles. The summed E-state index contributed by atoms with van der Waals surface area (Å²) in [5, 5.41) is 3.67. The van der Waals surface area contributed by atoms with E-state index >= 15 is 0 Å². The van der Waals surface area contributed by atoms with Gasteiger partial charge in [-0.15, -0.1) is 0 Å². The van der Waals surface area contributed by atoms with Gasteiger partial charge in [0.15, 0.2) is 0 Å². The van der Waals surface area contributed by atoms with Gasteiger partial charge in [-0.2, -0.15) is 11.8 Å². The normalized spacial score (nSPS) is 26.8. The molecule has 1 N–H and O–H groups in total.